The first-order chi connectivity index (χ1) is 11.8. The molecule has 0 N–H and O–H groups in total. The highest BCUT2D eigenvalue weighted by molar-refractivity contribution is 6.36. The van der Waals surface area contributed by atoms with Gasteiger partial charge < -0.3 is 0 Å². The Morgan fingerprint density at radius 3 is 1.92 bits per heavy atom. The number of imide groups is 1. The van der Waals surface area contributed by atoms with Gasteiger partial charge in [0.25, 0.3) is 11.8 Å². The van der Waals surface area contributed by atoms with Gasteiger partial charge in [-0.2, -0.15) is 0 Å². The zero-order valence-electron chi connectivity index (χ0n) is 13.0. The van der Waals surface area contributed by atoms with E-state index < -0.39 is 0 Å². The van der Waals surface area contributed by atoms with Gasteiger partial charge in [0.05, 0.1) is 16.8 Å². The molecule has 2 amide bonds. The minimum absolute atomic E-state index is 0.236. The van der Waals surface area contributed by atoms with Gasteiger partial charge >= 0.3 is 0 Å². The van der Waals surface area contributed by atoms with E-state index in [1.807, 2.05) is 24.3 Å². The Hall–Kier alpha value is -2.94. The van der Waals surface area contributed by atoms with Crippen molar-refractivity contribution in [2.45, 2.75) is 18.8 Å². The van der Waals surface area contributed by atoms with E-state index in [4.69, 9.17) is 0 Å². The standard InChI is InChI=1S/C21H15NO2/c23-20-17-7-3-4-8-18(17)21(24)22(20)19-12-11-14(13-9-10-13)15-5-1-2-6-16(15)19/h1-8,11-13H,9-10H2. The number of carbonyl (C=O) groups is 2. The van der Waals surface area contributed by atoms with Crippen LogP contribution in [0.2, 0.25) is 0 Å². The van der Waals surface area contributed by atoms with Crippen molar-refractivity contribution < 1.29 is 9.59 Å². The van der Waals surface area contributed by atoms with Crippen LogP contribution in [0.4, 0.5) is 5.69 Å². The second-order valence-corrected chi connectivity index (χ2v) is 6.49. The number of nitrogens with zero attached hydrogens (tertiary/aromatic N) is 1. The number of benzene rings is 3. The molecule has 0 atom stereocenters. The van der Waals surface area contributed by atoms with E-state index in [0.717, 1.165) is 10.8 Å². The van der Waals surface area contributed by atoms with E-state index in [1.54, 1.807) is 24.3 Å². The van der Waals surface area contributed by atoms with Crippen molar-refractivity contribution in [3.8, 4) is 0 Å². The van der Waals surface area contributed by atoms with Crippen LogP contribution < -0.4 is 4.90 Å². The predicted molar refractivity (Wildman–Crippen MR) is 93.5 cm³/mol. The summed E-state index contributed by atoms with van der Waals surface area (Å²) in [5.74, 6) is 0.144. The maximum atomic E-state index is 12.8. The van der Waals surface area contributed by atoms with Gasteiger partial charge in [-0.05, 0) is 47.9 Å². The first kappa shape index (κ1) is 13.5. The zero-order chi connectivity index (χ0) is 16.3. The van der Waals surface area contributed by atoms with Crippen LogP contribution >= 0.6 is 0 Å². The molecule has 3 nitrogen and oxygen atoms in total. The molecule has 0 aromatic heterocycles. The molecule has 5 rings (SSSR count). The molecule has 1 saturated carbocycles. The van der Waals surface area contributed by atoms with Gasteiger partial charge in [-0.3, -0.25) is 9.59 Å². The summed E-state index contributed by atoms with van der Waals surface area (Å²) in [4.78, 5) is 26.9. The van der Waals surface area contributed by atoms with Crippen LogP contribution in [0.25, 0.3) is 10.8 Å². The van der Waals surface area contributed by atoms with E-state index in [9.17, 15) is 9.59 Å². The van der Waals surface area contributed by atoms with Crippen LogP contribution in [0.15, 0.2) is 60.7 Å². The monoisotopic (exact) mass is 313 g/mol. The van der Waals surface area contributed by atoms with Crippen LogP contribution in [-0.4, -0.2) is 11.8 Å². The Labute approximate surface area is 139 Å². The maximum Gasteiger partial charge on any atom is 0.266 e. The fourth-order valence-corrected chi connectivity index (χ4v) is 3.66. The summed E-state index contributed by atoms with van der Waals surface area (Å²) in [7, 11) is 0. The summed E-state index contributed by atoms with van der Waals surface area (Å²) in [5, 5.41) is 2.12. The summed E-state index contributed by atoms with van der Waals surface area (Å²) < 4.78 is 0. The van der Waals surface area contributed by atoms with Crippen LogP contribution in [0, 0.1) is 0 Å². The van der Waals surface area contributed by atoms with Crippen molar-refractivity contribution in [2.75, 3.05) is 4.90 Å². The second kappa shape index (κ2) is 4.78. The normalized spacial score (nSPS) is 16.8. The molecule has 3 aromatic rings. The third-order valence-corrected chi connectivity index (χ3v) is 4.99. The Bertz CT molecular complexity index is 982. The third-order valence-electron chi connectivity index (χ3n) is 4.99. The van der Waals surface area contributed by atoms with Gasteiger partial charge in [-0.15, -0.1) is 0 Å². The third kappa shape index (κ3) is 1.78. The van der Waals surface area contributed by atoms with Gasteiger partial charge in [0.1, 0.15) is 0 Å². The molecule has 1 fully saturated rings. The van der Waals surface area contributed by atoms with Crippen LogP contribution in [-0.2, 0) is 0 Å². The molecule has 1 aliphatic heterocycles. The lowest BCUT2D eigenvalue weighted by Crippen LogP contribution is -2.29. The zero-order valence-corrected chi connectivity index (χ0v) is 13.0. The summed E-state index contributed by atoms with van der Waals surface area (Å²) in [6, 6.07) is 19.1. The fraction of sp³-hybridized carbons (Fsp3) is 0.143. The number of carbonyl (C=O) groups excluding carboxylic acids is 2. The van der Waals surface area contributed by atoms with Crippen molar-refractivity contribution in [1.29, 1.82) is 0 Å². The van der Waals surface area contributed by atoms with E-state index >= 15 is 0 Å². The average Bonchev–Trinajstić information content (AvgIpc) is 3.43. The molecule has 1 aliphatic carbocycles. The van der Waals surface area contributed by atoms with Gasteiger partial charge in [0, 0.05) is 5.39 Å². The quantitative estimate of drug-likeness (QED) is 0.652. The van der Waals surface area contributed by atoms with E-state index in [-0.39, 0.29) is 11.8 Å². The number of anilines is 1. The highest BCUT2D eigenvalue weighted by Gasteiger charge is 2.37. The number of hydrogen-bond acceptors (Lipinski definition) is 2. The molecule has 24 heavy (non-hydrogen) atoms. The molecule has 3 heteroatoms. The predicted octanol–water partition coefficient (Wildman–Crippen LogP) is 4.52. The molecular formula is C21H15NO2. The molecule has 116 valence electrons. The first-order valence-electron chi connectivity index (χ1n) is 8.25. The second-order valence-electron chi connectivity index (χ2n) is 6.49. The van der Waals surface area contributed by atoms with Crippen molar-refractivity contribution in [1.82, 2.24) is 0 Å². The maximum absolute atomic E-state index is 12.8. The summed E-state index contributed by atoms with van der Waals surface area (Å²) >= 11 is 0. The Morgan fingerprint density at radius 2 is 1.29 bits per heavy atom. The lowest BCUT2D eigenvalue weighted by molar-refractivity contribution is 0.0926. The van der Waals surface area contributed by atoms with Crippen LogP contribution in [0.5, 0.6) is 0 Å². The van der Waals surface area contributed by atoms with E-state index in [1.165, 1.54) is 23.3 Å². The number of fused-ring (bicyclic) bond motifs is 2. The smallest absolute Gasteiger partial charge is 0.266 e. The van der Waals surface area contributed by atoms with Crippen molar-refractivity contribution in [2.24, 2.45) is 0 Å². The Balaban J connectivity index is 1.73. The lowest BCUT2D eigenvalue weighted by atomic mass is 9.99. The average molecular weight is 313 g/mol. The molecule has 1 heterocycles. The van der Waals surface area contributed by atoms with Crippen molar-refractivity contribution >= 4 is 28.3 Å². The van der Waals surface area contributed by atoms with Crippen molar-refractivity contribution in [3.63, 3.8) is 0 Å². The Morgan fingerprint density at radius 1 is 0.708 bits per heavy atom. The molecule has 3 aromatic carbocycles. The number of amides is 2. The fourth-order valence-electron chi connectivity index (χ4n) is 3.66. The SMILES string of the molecule is O=C1c2ccccc2C(=O)N1c1ccc(C2CC2)c2ccccc12. The van der Waals surface area contributed by atoms with Gasteiger partial charge in [0.15, 0.2) is 0 Å². The number of rotatable bonds is 2. The minimum Gasteiger partial charge on any atom is -0.268 e. The summed E-state index contributed by atoms with van der Waals surface area (Å²) in [5.41, 5.74) is 2.97. The van der Waals surface area contributed by atoms with Gasteiger partial charge in [-0.1, -0.05) is 42.5 Å². The van der Waals surface area contributed by atoms with Crippen LogP contribution in [0.1, 0.15) is 45.0 Å². The van der Waals surface area contributed by atoms with E-state index in [2.05, 4.69) is 12.1 Å². The first-order valence-corrected chi connectivity index (χ1v) is 8.25. The molecule has 2 aliphatic rings. The highest BCUT2D eigenvalue weighted by Crippen LogP contribution is 2.45. The molecular weight excluding hydrogens is 298 g/mol. The molecule has 0 spiro atoms. The highest BCUT2D eigenvalue weighted by atomic mass is 16.2. The molecule has 0 radical (unpaired) electrons. The van der Waals surface area contributed by atoms with Gasteiger partial charge in [-0.25, -0.2) is 4.90 Å². The topological polar surface area (TPSA) is 37.4 Å². The van der Waals surface area contributed by atoms with E-state index in [0.29, 0.717) is 22.7 Å². The van der Waals surface area contributed by atoms with Crippen LogP contribution in [0.3, 0.4) is 0 Å². The summed E-state index contributed by atoms with van der Waals surface area (Å²) in [6.07, 6.45) is 2.44. The molecule has 0 saturated heterocycles. The Kier molecular flexibility index (Phi) is 2.69. The lowest BCUT2D eigenvalue weighted by Gasteiger charge is -2.18. The molecule has 0 unspecified atom stereocenters. The minimum atomic E-state index is -0.236. The molecule has 0 bridgehead atoms. The summed E-state index contributed by atoms with van der Waals surface area (Å²) in [6.45, 7) is 0. The van der Waals surface area contributed by atoms with Crippen molar-refractivity contribution in [3.05, 3.63) is 77.4 Å². The largest absolute Gasteiger partial charge is 0.268 e. The van der Waals surface area contributed by atoms with Gasteiger partial charge in [0.2, 0.25) is 0 Å². The number of hydrogen-bond donors (Lipinski definition) is 0.